The van der Waals surface area contributed by atoms with Gasteiger partial charge in [0.05, 0.1) is 19.6 Å². The number of amides is 1. The molecule has 1 amide bonds. The summed E-state index contributed by atoms with van der Waals surface area (Å²) in [5.74, 6) is 2.98. The molecule has 0 bridgehead atoms. The molecule has 0 aromatic carbocycles. The number of ether oxygens (including phenoxy) is 1. The molecule has 5 nitrogen and oxygen atoms in total. The lowest BCUT2D eigenvalue weighted by Crippen LogP contribution is -2.57. The predicted octanol–water partition coefficient (Wildman–Crippen LogP) is 4.86. The van der Waals surface area contributed by atoms with Gasteiger partial charge in [-0.25, -0.2) is 0 Å². The fourth-order valence-corrected chi connectivity index (χ4v) is 8.84. The highest BCUT2D eigenvalue weighted by Gasteiger charge is 2.61. The van der Waals surface area contributed by atoms with Crippen molar-refractivity contribution in [1.29, 1.82) is 0 Å². The number of nitrogens with one attached hydrogen (secondary N) is 1. The van der Waals surface area contributed by atoms with Crippen LogP contribution in [0.3, 0.4) is 0 Å². The molecule has 7 unspecified atom stereocenters. The van der Waals surface area contributed by atoms with Gasteiger partial charge < -0.3 is 15.2 Å². The van der Waals surface area contributed by atoms with Crippen LogP contribution in [0.15, 0.2) is 0 Å². The second-order valence-corrected chi connectivity index (χ2v) is 11.9. The van der Waals surface area contributed by atoms with Crippen molar-refractivity contribution in [2.24, 2.45) is 40.4 Å². The van der Waals surface area contributed by atoms with Crippen molar-refractivity contribution in [2.75, 3.05) is 13.7 Å². The number of aliphatic hydroxyl groups excluding tert-OH is 1. The van der Waals surface area contributed by atoms with E-state index in [0.717, 1.165) is 25.2 Å². The van der Waals surface area contributed by atoms with Crippen LogP contribution in [0.1, 0.15) is 97.3 Å². The third-order valence-corrected chi connectivity index (χ3v) is 10.6. The Morgan fingerprint density at radius 1 is 1.00 bits per heavy atom. The lowest BCUT2D eigenvalue weighted by atomic mass is 9.44. The number of aliphatic hydroxyl groups is 1. The Labute approximate surface area is 194 Å². The fraction of sp³-hybridized carbons (Fsp3) is 0.926. The van der Waals surface area contributed by atoms with Crippen LogP contribution in [0.5, 0.6) is 0 Å². The summed E-state index contributed by atoms with van der Waals surface area (Å²) in [6.45, 7) is 5.42. The average Bonchev–Trinajstić information content (AvgIpc) is 3.10. The Hall–Kier alpha value is -1.10. The number of carbonyl (C=O) groups is 2. The van der Waals surface area contributed by atoms with Gasteiger partial charge in [0.15, 0.2) is 0 Å². The molecule has 2 N–H and O–H groups in total. The maximum atomic E-state index is 12.2. The minimum atomic E-state index is -0.288. The molecule has 0 aliphatic heterocycles. The molecule has 8 atom stereocenters. The molecule has 4 aliphatic rings. The number of carbonyl (C=O) groups excluding carboxylic acids is 2. The zero-order valence-electron chi connectivity index (χ0n) is 20.5. The van der Waals surface area contributed by atoms with Gasteiger partial charge in [-0.2, -0.15) is 0 Å². The summed E-state index contributed by atoms with van der Waals surface area (Å²) >= 11 is 0. The monoisotopic (exact) mass is 447 g/mol. The highest BCUT2D eigenvalue weighted by Crippen LogP contribution is 2.67. The van der Waals surface area contributed by atoms with Crippen LogP contribution >= 0.6 is 0 Å². The molecule has 0 radical (unpaired) electrons. The van der Waals surface area contributed by atoms with Crippen LogP contribution in [0.2, 0.25) is 0 Å². The van der Waals surface area contributed by atoms with Crippen LogP contribution in [0, 0.1) is 40.4 Å². The topological polar surface area (TPSA) is 75.6 Å². The molecule has 32 heavy (non-hydrogen) atoms. The first-order valence-corrected chi connectivity index (χ1v) is 13.3. The van der Waals surface area contributed by atoms with Crippen LogP contribution in [0.4, 0.5) is 0 Å². The smallest absolute Gasteiger partial charge is 0.307 e. The molecule has 0 aromatic heterocycles. The van der Waals surface area contributed by atoms with Crippen molar-refractivity contribution in [3.8, 4) is 0 Å². The largest absolute Gasteiger partial charge is 0.469 e. The quantitative estimate of drug-likeness (QED) is 0.547. The summed E-state index contributed by atoms with van der Waals surface area (Å²) in [6, 6.07) is 0. The van der Waals surface area contributed by atoms with Gasteiger partial charge >= 0.3 is 5.97 Å². The Kier molecular flexibility index (Phi) is 7.24. The standard InChI is InChI=1S/C27H45NO4/c1-26-14-5-4-7-19(26)17-22(29)25-20-11-10-18(27(20,2)15-12-21(25)26)8-6-9-23(30)28-16-13-24(31)32-3/h18-22,25,29H,4-17H2,1-3H3,(H,28,30)/t18?,19?,20?,21?,22?,25-,26?,27?/m0/s1. The Balaban J connectivity index is 1.32. The second kappa shape index (κ2) is 9.64. The van der Waals surface area contributed by atoms with Gasteiger partial charge in [-0.15, -0.1) is 0 Å². The summed E-state index contributed by atoms with van der Waals surface area (Å²) in [6.07, 6.45) is 14.2. The van der Waals surface area contributed by atoms with Gasteiger partial charge in [-0.1, -0.05) is 26.7 Å². The van der Waals surface area contributed by atoms with E-state index >= 15 is 0 Å². The van der Waals surface area contributed by atoms with Crippen molar-refractivity contribution in [3.05, 3.63) is 0 Å². The number of hydrogen-bond acceptors (Lipinski definition) is 4. The summed E-state index contributed by atoms with van der Waals surface area (Å²) in [5, 5.41) is 14.1. The second-order valence-electron chi connectivity index (χ2n) is 11.9. The number of fused-ring (bicyclic) bond motifs is 5. The highest BCUT2D eigenvalue weighted by atomic mass is 16.5. The van der Waals surface area contributed by atoms with Crippen molar-refractivity contribution in [3.63, 3.8) is 0 Å². The average molecular weight is 448 g/mol. The van der Waals surface area contributed by atoms with Gasteiger partial charge in [-0.05, 0) is 98.2 Å². The van der Waals surface area contributed by atoms with E-state index in [1.807, 2.05) is 0 Å². The minimum Gasteiger partial charge on any atom is -0.469 e. The van der Waals surface area contributed by atoms with Crippen LogP contribution in [0.25, 0.3) is 0 Å². The van der Waals surface area contributed by atoms with Gasteiger partial charge in [0.25, 0.3) is 0 Å². The Bertz CT molecular complexity index is 695. The third-order valence-electron chi connectivity index (χ3n) is 10.6. The first-order valence-electron chi connectivity index (χ1n) is 13.3. The van der Waals surface area contributed by atoms with E-state index < -0.39 is 0 Å². The molecule has 4 saturated carbocycles. The van der Waals surface area contributed by atoms with E-state index in [1.54, 1.807) is 0 Å². The third kappa shape index (κ3) is 4.35. The molecule has 4 aliphatic carbocycles. The predicted molar refractivity (Wildman–Crippen MR) is 125 cm³/mol. The fourth-order valence-electron chi connectivity index (χ4n) is 8.84. The minimum absolute atomic E-state index is 0.0382. The summed E-state index contributed by atoms with van der Waals surface area (Å²) < 4.78 is 4.61. The molecule has 5 heteroatoms. The van der Waals surface area contributed by atoms with Crippen molar-refractivity contribution in [2.45, 2.75) is 103 Å². The Morgan fingerprint density at radius 3 is 2.56 bits per heavy atom. The lowest BCUT2D eigenvalue weighted by Gasteiger charge is -2.62. The van der Waals surface area contributed by atoms with E-state index in [9.17, 15) is 14.7 Å². The van der Waals surface area contributed by atoms with E-state index in [-0.39, 0.29) is 24.4 Å². The number of esters is 1. The molecule has 182 valence electrons. The summed E-state index contributed by atoms with van der Waals surface area (Å²) in [4.78, 5) is 23.3. The Morgan fingerprint density at radius 2 is 1.78 bits per heavy atom. The summed E-state index contributed by atoms with van der Waals surface area (Å²) in [5.41, 5.74) is 0.769. The molecule has 4 fully saturated rings. The first kappa shape index (κ1) is 24.0. The maximum absolute atomic E-state index is 12.2. The van der Waals surface area contributed by atoms with Crippen molar-refractivity contribution >= 4 is 11.9 Å². The normalized spacial score (nSPS) is 43.0. The highest BCUT2D eigenvalue weighted by molar-refractivity contribution is 5.76. The zero-order valence-corrected chi connectivity index (χ0v) is 20.5. The van der Waals surface area contributed by atoms with Crippen LogP contribution in [-0.4, -0.2) is 36.7 Å². The van der Waals surface area contributed by atoms with Gasteiger partial charge in [-0.3, -0.25) is 9.59 Å². The van der Waals surface area contributed by atoms with E-state index in [0.29, 0.717) is 47.5 Å². The van der Waals surface area contributed by atoms with Crippen LogP contribution < -0.4 is 5.32 Å². The molecular weight excluding hydrogens is 402 g/mol. The van der Waals surface area contributed by atoms with Crippen LogP contribution in [-0.2, 0) is 14.3 Å². The lowest BCUT2D eigenvalue weighted by molar-refractivity contribution is -0.162. The molecule has 0 spiro atoms. The van der Waals surface area contributed by atoms with Crippen molar-refractivity contribution in [1.82, 2.24) is 5.32 Å². The summed E-state index contributed by atoms with van der Waals surface area (Å²) in [7, 11) is 1.37. The van der Waals surface area contributed by atoms with Gasteiger partial charge in [0, 0.05) is 13.0 Å². The molecule has 0 saturated heterocycles. The van der Waals surface area contributed by atoms with Gasteiger partial charge in [0.2, 0.25) is 5.91 Å². The van der Waals surface area contributed by atoms with E-state index in [4.69, 9.17) is 0 Å². The number of methoxy groups -OCH3 is 1. The molecule has 0 heterocycles. The first-order chi connectivity index (χ1) is 15.3. The molecule has 4 rings (SSSR count). The molecular formula is C27H45NO4. The SMILES string of the molecule is COC(=O)CCNC(=O)CCCC1CCC2[C@@H]3C(O)CC4CCCCC4(C)C3CCC12C. The van der Waals surface area contributed by atoms with Gasteiger partial charge in [0.1, 0.15) is 0 Å². The number of rotatable bonds is 7. The zero-order chi connectivity index (χ0) is 22.9. The number of hydrogen-bond donors (Lipinski definition) is 2. The van der Waals surface area contributed by atoms with E-state index in [1.165, 1.54) is 58.5 Å². The van der Waals surface area contributed by atoms with Crippen molar-refractivity contribution < 1.29 is 19.4 Å². The molecule has 0 aromatic rings. The van der Waals surface area contributed by atoms with E-state index in [2.05, 4.69) is 23.9 Å². The maximum Gasteiger partial charge on any atom is 0.307 e.